The summed E-state index contributed by atoms with van der Waals surface area (Å²) in [5.74, 6) is 2.07. The van der Waals surface area contributed by atoms with E-state index >= 15 is 0 Å². The van der Waals surface area contributed by atoms with Crippen molar-refractivity contribution in [2.24, 2.45) is 0 Å². The van der Waals surface area contributed by atoms with E-state index in [9.17, 15) is 0 Å². The largest absolute Gasteiger partial charge is 0.295 e. The van der Waals surface area contributed by atoms with Gasteiger partial charge < -0.3 is 0 Å². The van der Waals surface area contributed by atoms with Gasteiger partial charge in [0.05, 0.1) is 33.4 Å². The molecule has 0 amide bonds. The fourth-order valence-electron chi connectivity index (χ4n) is 9.15. The van der Waals surface area contributed by atoms with Gasteiger partial charge in [-0.15, -0.1) is 0 Å². The molecule has 0 fully saturated rings. The van der Waals surface area contributed by atoms with Crippen molar-refractivity contribution < 1.29 is 0 Å². The summed E-state index contributed by atoms with van der Waals surface area (Å²) in [4.78, 5) is 10.4. The third kappa shape index (κ3) is 6.73. The first kappa shape index (κ1) is 38.9. The lowest BCUT2D eigenvalue weighted by atomic mass is 9.84. The molecule has 0 saturated carbocycles. The molecule has 0 unspecified atom stereocenters. The van der Waals surface area contributed by atoms with E-state index in [1.807, 2.05) is 0 Å². The Kier molecular flexibility index (Phi) is 9.60. The van der Waals surface area contributed by atoms with E-state index in [0.29, 0.717) is 0 Å². The zero-order valence-corrected chi connectivity index (χ0v) is 36.3. The van der Waals surface area contributed by atoms with Gasteiger partial charge in [-0.1, -0.05) is 199 Å². The summed E-state index contributed by atoms with van der Waals surface area (Å²) in [7, 11) is 0. The molecule has 2 heterocycles. The summed E-state index contributed by atoms with van der Waals surface area (Å²) >= 11 is 0. The molecule has 8 aromatic carbocycles. The molecule has 10 aromatic rings. The number of hydrogen-bond donors (Lipinski definition) is 0. The predicted molar refractivity (Wildman–Crippen MR) is 260 cm³/mol. The van der Waals surface area contributed by atoms with Gasteiger partial charge in [0.25, 0.3) is 0 Å². The second kappa shape index (κ2) is 15.3. The van der Waals surface area contributed by atoms with Gasteiger partial charge in [-0.05, 0) is 80.9 Å². The minimum absolute atomic E-state index is 0.180. The SMILES string of the molecule is CC(C)(C)c1nc2ccccc2n1-c1ccccc1-c1ccccc1-c1ccccc1-c1ccccc1-c1ccccc1-c1ccccc1-n1c(C(C)(C)C)nc2ccccc21. The van der Waals surface area contributed by atoms with Crippen molar-refractivity contribution in [3.05, 3.63) is 206 Å². The van der Waals surface area contributed by atoms with Gasteiger partial charge in [-0.25, -0.2) is 9.97 Å². The van der Waals surface area contributed by atoms with Crippen molar-refractivity contribution >= 4 is 22.1 Å². The van der Waals surface area contributed by atoms with Crippen molar-refractivity contribution in [2.75, 3.05) is 0 Å². The van der Waals surface area contributed by atoms with E-state index in [2.05, 4.69) is 245 Å². The third-order valence-electron chi connectivity index (χ3n) is 11.9. The van der Waals surface area contributed by atoms with Crippen LogP contribution in [0.2, 0.25) is 0 Å². The van der Waals surface area contributed by atoms with E-state index in [1.54, 1.807) is 0 Å². The molecular weight excluding hydrogens is 753 g/mol. The van der Waals surface area contributed by atoms with Gasteiger partial charge in [0.15, 0.2) is 0 Å². The maximum absolute atomic E-state index is 5.20. The number of hydrogen-bond acceptors (Lipinski definition) is 2. The molecule has 0 spiro atoms. The minimum atomic E-state index is -0.180. The normalized spacial score (nSPS) is 12.0. The highest BCUT2D eigenvalue weighted by Crippen LogP contribution is 2.46. The van der Waals surface area contributed by atoms with E-state index in [0.717, 1.165) is 56.2 Å². The van der Waals surface area contributed by atoms with Crippen LogP contribution in [0.1, 0.15) is 53.2 Å². The van der Waals surface area contributed by atoms with Crippen LogP contribution < -0.4 is 0 Å². The lowest BCUT2D eigenvalue weighted by Crippen LogP contribution is -2.18. The van der Waals surface area contributed by atoms with E-state index < -0.39 is 0 Å². The quantitative estimate of drug-likeness (QED) is 0.161. The average molecular weight is 803 g/mol. The monoisotopic (exact) mass is 802 g/mol. The van der Waals surface area contributed by atoms with Crippen molar-refractivity contribution in [2.45, 2.75) is 52.4 Å². The number of para-hydroxylation sites is 6. The van der Waals surface area contributed by atoms with Gasteiger partial charge in [-0.2, -0.15) is 0 Å². The Morgan fingerprint density at radius 1 is 0.274 bits per heavy atom. The highest BCUT2D eigenvalue weighted by molar-refractivity contribution is 6.00. The summed E-state index contributed by atoms with van der Waals surface area (Å²) in [5.41, 5.74) is 17.8. The molecule has 2 aromatic heterocycles. The van der Waals surface area contributed by atoms with Crippen LogP contribution in [0.3, 0.4) is 0 Å². The summed E-state index contributed by atoms with van der Waals surface area (Å²) in [5, 5.41) is 0. The molecular formula is C58H50N4. The van der Waals surface area contributed by atoms with Crippen molar-refractivity contribution in [3.63, 3.8) is 0 Å². The van der Waals surface area contributed by atoms with Crippen molar-refractivity contribution in [3.8, 4) is 67.0 Å². The summed E-state index contributed by atoms with van der Waals surface area (Å²) in [6.45, 7) is 13.5. The Hall–Kier alpha value is -7.30. The van der Waals surface area contributed by atoms with Crippen LogP contribution in [0.25, 0.3) is 89.1 Å². The first-order valence-corrected chi connectivity index (χ1v) is 21.6. The Morgan fingerprint density at radius 2 is 0.500 bits per heavy atom. The summed E-state index contributed by atoms with van der Waals surface area (Å²) < 4.78 is 4.74. The molecule has 0 bridgehead atoms. The number of rotatable bonds is 7. The smallest absolute Gasteiger partial charge is 0.119 e. The van der Waals surface area contributed by atoms with Crippen molar-refractivity contribution in [1.82, 2.24) is 19.1 Å². The Labute approximate surface area is 364 Å². The van der Waals surface area contributed by atoms with E-state index in [4.69, 9.17) is 9.97 Å². The zero-order chi connectivity index (χ0) is 42.6. The summed E-state index contributed by atoms with van der Waals surface area (Å²) in [6.07, 6.45) is 0. The second-order valence-corrected chi connectivity index (χ2v) is 18.2. The first-order chi connectivity index (χ1) is 30.1. The molecule has 0 radical (unpaired) electrons. The lowest BCUT2D eigenvalue weighted by molar-refractivity contribution is 0.539. The van der Waals surface area contributed by atoms with Crippen LogP contribution >= 0.6 is 0 Å². The van der Waals surface area contributed by atoms with Crippen LogP contribution in [-0.2, 0) is 10.8 Å². The maximum Gasteiger partial charge on any atom is 0.119 e. The fourth-order valence-corrected chi connectivity index (χ4v) is 9.15. The Balaban J connectivity index is 1.15. The van der Waals surface area contributed by atoms with Gasteiger partial charge in [-0.3, -0.25) is 9.13 Å². The van der Waals surface area contributed by atoms with E-state index in [-0.39, 0.29) is 10.8 Å². The molecule has 0 atom stereocenters. The van der Waals surface area contributed by atoms with Crippen molar-refractivity contribution in [1.29, 1.82) is 0 Å². The van der Waals surface area contributed by atoms with Crippen LogP contribution in [0.15, 0.2) is 194 Å². The third-order valence-corrected chi connectivity index (χ3v) is 11.9. The summed E-state index contributed by atoms with van der Waals surface area (Å²) in [6, 6.07) is 70.0. The second-order valence-electron chi connectivity index (χ2n) is 18.2. The molecule has 0 saturated heterocycles. The highest BCUT2D eigenvalue weighted by atomic mass is 15.1. The molecule has 4 nitrogen and oxygen atoms in total. The molecule has 0 aliphatic rings. The predicted octanol–water partition coefficient (Wildman–Crippen LogP) is 15.3. The number of nitrogens with zero attached hydrogens (tertiary/aromatic N) is 4. The zero-order valence-electron chi connectivity index (χ0n) is 36.3. The molecule has 0 N–H and O–H groups in total. The fraction of sp³-hybridized carbons (Fsp3) is 0.138. The molecule has 4 heteroatoms. The Morgan fingerprint density at radius 3 is 0.790 bits per heavy atom. The molecule has 302 valence electrons. The van der Waals surface area contributed by atoms with Gasteiger partial charge >= 0.3 is 0 Å². The maximum atomic E-state index is 5.20. The van der Waals surface area contributed by atoms with Gasteiger partial charge in [0.1, 0.15) is 11.6 Å². The molecule has 62 heavy (non-hydrogen) atoms. The first-order valence-electron chi connectivity index (χ1n) is 21.6. The number of fused-ring (bicyclic) bond motifs is 2. The Bertz CT molecular complexity index is 3050. The molecule has 0 aliphatic heterocycles. The lowest BCUT2D eigenvalue weighted by Gasteiger charge is -2.24. The van der Waals surface area contributed by atoms with Gasteiger partial charge in [0, 0.05) is 22.0 Å². The van der Waals surface area contributed by atoms with Crippen LogP contribution in [-0.4, -0.2) is 19.1 Å². The highest BCUT2D eigenvalue weighted by Gasteiger charge is 2.28. The van der Waals surface area contributed by atoms with Crippen LogP contribution in [0.5, 0.6) is 0 Å². The van der Waals surface area contributed by atoms with Gasteiger partial charge in [0.2, 0.25) is 0 Å². The number of benzene rings is 8. The number of aromatic nitrogens is 4. The van der Waals surface area contributed by atoms with E-state index in [1.165, 1.54) is 44.5 Å². The number of imidazole rings is 2. The van der Waals surface area contributed by atoms with Crippen LogP contribution in [0.4, 0.5) is 0 Å². The minimum Gasteiger partial charge on any atom is -0.295 e. The average Bonchev–Trinajstić information content (AvgIpc) is 3.90. The topological polar surface area (TPSA) is 35.6 Å². The van der Waals surface area contributed by atoms with Crippen LogP contribution in [0, 0.1) is 0 Å². The standard InChI is InChI=1S/C58H50N4/c1-57(2,3)55-59-49-33-17-21-37-53(49)61(55)51-35-19-15-31-47(51)45-29-13-11-27-43(45)41-25-9-7-23-39(41)40-24-8-10-26-42(40)44-28-12-14-30-46(44)48-32-16-20-36-52(48)62-54-38-22-18-34-50(54)60-56(62)58(4,5)6/h7-38H,1-6H3. The molecule has 10 rings (SSSR count). The molecule has 0 aliphatic carbocycles.